The van der Waals surface area contributed by atoms with Gasteiger partial charge in [0.25, 0.3) is 5.91 Å². The van der Waals surface area contributed by atoms with E-state index in [-0.39, 0.29) is 6.10 Å². The van der Waals surface area contributed by atoms with Crippen molar-refractivity contribution >= 4 is 5.91 Å². The average Bonchev–Trinajstić information content (AvgIpc) is 2.45. The van der Waals surface area contributed by atoms with E-state index >= 15 is 0 Å². The van der Waals surface area contributed by atoms with E-state index in [4.69, 9.17) is 10.5 Å². The highest BCUT2D eigenvalue weighted by Gasteiger charge is 2.27. The lowest BCUT2D eigenvalue weighted by atomic mass is 10.1. The van der Waals surface area contributed by atoms with Gasteiger partial charge in [0, 0.05) is 19.6 Å². The molecule has 2 N–H and O–H groups in total. The summed E-state index contributed by atoms with van der Waals surface area (Å²) in [5.41, 5.74) is 4.88. The molecule has 20 heavy (non-hydrogen) atoms. The lowest BCUT2D eigenvalue weighted by molar-refractivity contribution is 0.0119. The van der Waals surface area contributed by atoms with Gasteiger partial charge in [0.05, 0.1) is 12.7 Å². The summed E-state index contributed by atoms with van der Waals surface area (Å²) in [6.07, 6.45) is 1.37. The van der Waals surface area contributed by atoms with Gasteiger partial charge in [0.15, 0.2) is 0 Å². The van der Waals surface area contributed by atoms with Gasteiger partial charge in [-0.2, -0.15) is 0 Å². The van der Waals surface area contributed by atoms with Crippen LogP contribution in [0.3, 0.4) is 0 Å². The molecule has 1 fully saturated rings. The maximum Gasteiger partial charge on any atom is 0.259 e. The summed E-state index contributed by atoms with van der Waals surface area (Å²) < 4.78 is 32.6. The van der Waals surface area contributed by atoms with Gasteiger partial charge in [-0.15, -0.1) is 0 Å². The molecule has 1 saturated heterocycles. The Morgan fingerprint density at radius 3 is 2.45 bits per heavy atom. The topological polar surface area (TPSA) is 55.6 Å². The number of carbonyl (C=O) groups excluding carboxylic acids is 1. The fraction of sp³-hybridized carbons (Fsp3) is 0.500. The molecule has 1 aromatic carbocycles. The van der Waals surface area contributed by atoms with Crippen LogP contribution in [0, 0.1) is 11.6 Å². The molecule has 0 atom stereocenters. The van der Waals surface area contributed by atoms with Crippen LogP contribution in [0.25, 0.3) is 0 Å². The highest BCUT2D eigenvalue weighted by Crippen LogP contribution is 2.19. The van der Waals surface area contributed by atoms with Crippen LogP contribution in [0.2, 0.25) is 0 Å². The van der Waals surface area contributed by atoms with Gasteiger partial charge in [-0.1, -0.05) is 6.07 Å². The number of carbonyl (C=O) groups is 1. The van der Waals surface area contributed by atoms with Crippen LogP contribution in [0.1, 0.15) is 23.2 Å². The minimum Gasteiger partial charge on any atom is -0.377 e. The molecule has 0 unspecified atom stereocenters. The van der Waals surface area contributed by atoms with Gasteiger partial charge in [-0.25, -0.2) is 8.78 Å². The normalized spacial score (nSPS) is 16.4. The van der Waals surface area contributed by atoms with Crippen molar-refractivity contribution < 1.29 is 18.3 Å². The fourth-order valence-electron chi connectivity index (χ4n) is 2.32. The highest BCUT2D eigenvalue weighted by molar-refractivity contribution is 5.94. The molecule has 1 amide bonds. The Hall–Kier alpha value is -1.53. The molecule has 1 heterocycles. The number of nitrogens with zero attached hydrogens (tertiary/aromatic N) is 1. The maximum atomic E-state index is 13.6. The molecule has 1 aromatic rings. The van der Waals surface area contributed by atoms with Crippen molar-refractivity contribution in [3.8, 4) is 0 Å². The van der Waals surface area contributed by atoms with E-state index in [1.54, 1.807) is 0 Å². The van der Waals surface area contributed by atoms with Gasteiger partial charge in [0.1, 0.15) is 17.2 Å². The largest absolute Gasteiger partial charge is 0.377 e. The van der Waals surface area contributed by atoms with E-state index < -0.39 is 23.1 Å². The number of amides is 1. The summed E-state index contributed by atoms with van der Waals surface area (Å²) in [6, 6.07) is 3.43. The summed E-state index contributed by atoms with van der Waals surface area (Å²) in [5, 5.41) is 0. The molecule has 1 aliphatic heterocycles. The first-order valence-corrected chi connectivity index (χ1v) is 6.68. The van der Waals surface area contributed by atoms with Crippen molar-refractivity contribution in [2.75, 3.05) is 26.2 Å². The molecule has 0 aliphatic carbocycles. The first-order chi connectivity index (χ1) is 9.63. The Morgan fingerprint density at radius 2 is 1.90 bits per heavy atom. The van der Waals surface area contributed by atoms with Crippen molar-refractivity contribution in [2.24, 2.45) is 5.73 Å². The SMILES string of the molecule is NCCOC1CCN(C(=O)c2c(F)cccc2F)CC1. The fourth-order valence-corrected chi connectivity index (χ4v) is 2.32. The average molecular weight is 284 g/mol. The second-order valence-electron chi connectivity index (χ2n) is 4.75. The molecular weight excluding hydrogens is 266 g/mol. The first-order valence-electron chi connectivity index (χ1n) is 6.68. The molecule has 0 spiro atoms. The molecule has 110 valence electrons. The molecule has 6 heteroatoms. The number of nitrogens with two attached hydrogens (primary N) is 1. The lowest BCUT2D eigenvalue weighted by Gasteiger charge is -2.32. The third-order valence-electron chi connectivity index (χ3n) is 3.38. The molecule has 0 saturated carbocycles. The molecule has 1 aliphatic rings. The van der Waals surface area contributed by atoms with Gasteiger partial charge >= 0.3 is 0 Å². The number of rotatable bonds is 4. The lowest BCUT2D eigenvalue weighted by Crippen LogP contribution is -2.41. The standard InChI is InChI=1S/C14H18F2N2O2/c15-11-2-1-3-12(16)13(11)14(19)18-7-4-10(5-8-18)20-9-6-17/h1-3,10H,4-9,17H2. The van der Waals surface area contributed by atoms with Crippen LogP contribution in [-0.4, -0.2) is 43.2 Å². The molecule has 4 nitrogen and oxygen atoms in total. The summed E-state index contributed by atoms with van der Waals surface area (Å²) in [4.78, 5) is 13.6. The van der Waals surface area contributed by atoms with E-state index in [0.717, 1.165) is 12.1 Å². The summed E-state index contributed by atoms with van der Waals surface area (Å²) >= 11 is 0. The molecule has 0 bridgehead atoms. The predicted molar refractivity (Wildman–Crippen MR) is 70.3 cm³/mol. The molecule has 2 rings (SSSR count). The highest BCUT2D eigenvalue weighted by atomic mass is 19.1. The van der Waals surface area contributed by atoms with Crippen LogP contribution in [0.4, 0.5) is 8.78 Å². The second-order valence-corrected chi connectivity index (χ2v) is 4.75. The third kappa shape index (κ3) is 3.32. The van der Waals surface area contributed by atoms with Gasteiger partial charge in [0.2, 0.25) is 0 Å². The Labute approximate surface area is 116 Å². The minimum atomic E-state index is -0.823. The van der Waals surface area contributed by atoms with Gasteiger partial charge < -0.3 is 15.4 Å². The van der Waals surface area contributed by atoms with E-state index in [1.165, 1.54) is 11.0 Å². The van der Waals surface area contributed by atoms with Crippen LogP contribution in [-0.2, 0) is 4.74 Å². The number of hydrogen-bond acceptors (Lipinski definition) is 3. The van der Waals surface area contributed by atoms with E-state index in [2.05, 4.69) is 0 Å². The number of ether oxygens (including phenoxy) is 1. The zero-order valence-electron chi connectivity index (χ0n) is 11.1. The first kappa shape index (κ1) is 14.9. The third-order valence-corrected chi connectivity index (χ3v) is 3.38. The van der Waals surface area contributed by atoms with Crippen molar-refractivity contribution in [1.82, 2.24) is 4.90 Å². The number of halogens is 2. The van der Waals surface area contributed by atoms with Crippen molar-refractivity contribution in [1.29, 1.82) is 0 Å². The summed E-state index contributed by atoms with van der Waals surface area (Å²) in [6.45, 7) is 1.81. The van der Waals surface area contributed by atoms with E-state index in [9.17, 15) is 13.6 Å². The predicted octanol–water partition coefficient (Wildman–Crippen LogP) is 1.54. The number of likely N-dealkylation sites (tertiary alicyclic amines) is 1. The van der Waals surface area contributed by atoms with Crippen molar-refractivity contribution in [2.45, 2.75) is 18.9 Å². The Bertz CT molecular complexity index is 454. The Morgan fingerprint density at radius 1 is 1.30 bits per heavy atom. The second kappa shape index (κ2) is 6.76. The Balaban J connectivity index is 1.98. The monoisotopic (exact) mass is 284 g/mol. The molecular formula is C14H18F2N2O2. The minimum absolute atomic E-state index is 0.0630. The number of piperidine rings is 1. The zero-order chi connectivity index (χ0) is 14.5. The number of hydrogen-bond donors (Lipinski definition) is 1. The molecule has 0 aromatic heterocycles. The van der Waals surface area contributed by atoms with Crippen LogP contribution in [0.5, 0.6) is 0 Å². The summed E-state index contributed by atoms with van der Waals surface area (Å²) in [7, 11) is 0. The van der Waals surface area contributed by atoms with Gasteiger partial charge in [-0.05, 0) is 25.0 Å². The van der Waals surface area contributed by atoms with Crippen molar-refractivity contribution in [3.05, 3.63) is 35.4 Å². The molecule has 0 radical (unpaired) electrons. The quantitative estimate of drug-likeness (QED) is 0.912. The van der Waals surface area contributed by atoms with Crippen LogP contribution >= 0.6 is 0 Å². The zero-order valence-corrected chi connectivity index (χ0v) is 11.1. The number of benzene rings is 1. The van der Waals surface area contributed by atoms with Crippen LogP contribution in [0.15, 0.2) is 18.2 Å². The van der Waals surface area contributed by atoms with Crippen molar-refractivity contribution in [3.63, 3.8) is 0 Å². The van der Waals surface area contributed by atoms with E-state index in [0.29, 0.717) is 39.1 Å². The Kier molecular flexibility index (Phi) is 5.03. The maximum absolute atomic E-state index is 13.6. The van der Waals surface area contributed by atoms with E-state index in [1.807, 2.05) is 0 Å². The summed E-state index contributed by atoms with van der Waals surface area (Å²) in [5.74, 6) is -2.24. The van der Waals surface area contributed by atoms with Crippen LogP contribution < -0.4 is 5.73 Å². The van der Waals surface area contributed by atoms with Gasteiger partial charge in [-0.3, -0.25) is 4.79 Å². The smallest absolute Gasteiger partial charge is 0.259 e.